The van der Waals surface area contributed by atoms with Gasteiger partial charge in [0.1, 0.15) is 0 Å². The normalized spacial score (nSPS) is 17.4. The summed E-state index contributed by atoms with van der Waals surface area (Å²) in [5.74, 6) is 2.68. The first-order valence-corrected chi connectivity index (χ1v) is 9.12. The molecule has 0 spiro atoms. The van der Waals surface area contributed by atoms with Crippen LogP contribution in [0.3, 0.4) is 0 Å². The Kier molecular flexibility index (Phi) is 3.91. The molecule has 144 valence electrons. The van der Waals surface area contributed by atoms with Gasteiger partial charge < -0.3 is 29.2 Å². The molecular weight excluding hydrogens is 360 g/mol. The predicted molar refractivity (Wildman–Crippen MR) is 104 cm³/mol. The van der Waals surface area contributed by atoms with Gasteiger partial charge in [-0.2, -0.15) is 0 Å². The van der Waals surface area contributed by atoms with E-state index in [-0.39, 0.29) is 18.4 Å². The fraction of sp³-hybridized carbons (Fsp3) is 0.286. The molecule has 0 fully saturated rings. The lowest BCUT2D eigenvalue weighted by atomic mass is 9.89. The van der Waals surface area contributed by atoms with Crippen LogP contribution in [-0.4, -0.2) is 32.5 Å². The Balaban J connectivity index is 1.66. The average molecular weight is 380 g/mol. The molecule has 7 nitrogen and oxygen atoms in total. The zero-order valence-corrected chi connectivity index (χ0v) is 15.6. The van der Waals surface area contributed by atoms with E-state index >= 15 is 0 Å². The number of methoxy groups -OCH3 is 2. The van der Waals surface area contributed by atoms with Gasteiger partial charge in [-0.3, -0.25) is 4.79 Å². The molecule has 0 saturated carbocycles. The van der Waals surface area contributed by atoms with Crippen molar-refractivity contribution in [2.75, 3.05) is 27.6 Å². The monoisotopic (exact) mass is 380 g/mol. The van der Waals surface area contributed by atoms with Gasteiger partial charge >= 0.3 is 0 Å². The van der Waals surface area contributed by atoms with Gasteiger partial charge in [0.05, 0.1) is 25.8 Å². The van der Waals surface area contributed by atoms with E-state index in [2.05, 4.69) is 10.3 Å². The van der Waals surface area contributed by atoms with E-state index in [1.807, 2.05) is 24.3 Å². The van der Waals surface area contributed by atoms with Crippen LogP contribution in [0.4, 0.5) is 0 Å². The van der Waals surface area contributed by atoms with Crippen LogP contribution in [0, 0.1) is 0 Å². The molecule has 0 aliphatic carbocycles. The molecule has 2 aromatic carbocycles. The van der Waals surface area contributed by atoms with Crippen molar-refractivity contribution in [2.24, 2.45) is 0 Å². The number of ether oxygens (including phenoxy) is 4. The van der Waals surface area contributed by atoms with E-state index in [1.54, 1.807) is 20.3 Å². The van der Waals surface area contributed by atoms with Crippen LogP contribution >= 0.6 is 0 Å². The molecule has 0 radical (unpaired) electrons. The predicted octanol–water partition coefficient (Wildman–Crippen LogP) is 2.51. The lowest BCUT2D eigenvalue weighted by Crippen LogP contribution is -2.34. The second-order valence-electron chi connectivity index (χ2n) is 6.89. The molecule has 2 N–H and O–H groups in total. The summed E-state index contributed by atoms with van der Waals surface area (Å²) in [6, 6.07) is 9.33. The van der Waals surface area contributed by atoms with E-state index < -0.39 is 0 Å². The Bertz CT molecular complexity index is 1140. The number of aromatic nitrogens is 1. The van der Waals surface area contributed by atoms with Crippen LogP contribution in [-0.2, 0) is 6.42 Å². The molecule has 1 aromatic heterocycles. The van der Waals surface area contributed by atoms with Gasteiger partial charge in [0.2, 0.25) is 6.79 Å². The molecule has 5 rings (SSSR count). The Hall–Kier alpha value is -3.19. The molecule has 2 aliphatic rings. The molecule has 1 atom stereocenters. The van der Waals surface area contributed by atoms with Gasteiger partial charge in [-0.15, -0.1) is 0 Å². The van der Waals surface area contributed by atoms with Crippen molar-refractivity contribution in [2.45, 2.75) is 12.5 Å². The van der Waals surface area contributed by atoms with Crippen molar-refractivity contribution < 1.29 is 18.9 Å². The van der Waals surface area contributed by atoms with Gasteiger partial charge in [0, 0.05) is 23.6 Å². The molecule has 3 heterocycles. The highest BCUT2D eigenvalue weighted by Crippen LogP contribution is 2.38. The molecule has 0 saturated heterocycles. The van der Waals surface area contributed by atoms with Gasteiger partial charge in [0.25, 0.3) is 5.56 Å². The van der Waals surface area contributed by atoms with Gasteiger partial charge in [-0.1, -0.05) is 0 Å². The highest BCUT2D eigenvalue weighted by molar-refractivity contribution is 5.83. The topological polar surface area (TPSA) is 81.8 Å². The first-order valence-electron chi connectivity index (χ1n) is 9.12. The van der Waals surface area contributed by atoms with E-state index in [0.717, 1.165) is 35.0 Å². The molecule has 2 aliphatic heterocycles. The Morgan fingerprint density at radius 2 is 1.71 bits per heavy atom. The van der Waals surface area contributed by atoms with Crippen LogP contribution in [0.1, 0.15) is 22.7 Å². The van der Waals surface area contributed by atoms with Crippen LogP contribution in [0.5, 0.6) is 23.0 Å². The van der Waals surface area contributed by atoms with Crippen LogP contribution < -0.4 is 29.8 Å². The van der Waals surface area contributed by atoms with Crippen molar-refractivity contribution >= 4 is 10.9 Å². The summed E-state index contributed by atoms with van der Waals surface area (Å²) in [6.45, 7) is 0.966. The summed E-state index contributed by atoms with van der Waals surface area (Å²) in [4.78, 5) is 15.9. The van der Waals surface area contributed by atoms with E-state index in [9.17, 15) is 4.79 Å². The number of hydrogen-bond acceptors (Lipinski definition) is 6. The smallest absolute Gasteiger partial charge is 0.253 e. The van der Waals surface area contributed by atoms with Crippen LogP contribution in [0.25, 0.3) is 10.9 Å². The van der Waals surface area contributed by atoms with Gasteiger partial charge in [-0.25, -0.2) is 0 Å². The largest absolute Gasteiger partial charge is 0.493 e. The van der Waals surface area contributed by atoms with Crippen molar-refractivity contribution in [3.05, 3.63) is 57.4 Å². The maximum absolute atomic E-state index is 12.9. The fourth-order valence-corrected chi connectivity index (χ4v) is 3.99. The lowest BCUT2D eigenvalue weighted by Gasteiger charge is -2.28. The van der Waals surface area contributed by atoms with E-state index in [4.69, 9.17) is 18.9 Å². The number of H-pyrrole nitrogens is 1. The number of benzene rings is 2. The molecule has 0 amide bonds. The lowest BCUT2D eigenvalue weighted by molar-refractivity contribution is 0.174. The number of rotatable bonds is 3. The molecule has 28 heavy (non-hydrogen) atoms. The molecular formula is C21H20N2O5. The SMILES string of the molecule is COc1cc2c(cc1OC)[C@@H](c1cc3cc4c(cc3[nH]c1=O)OCO4)NCC2. The third-order valence-electron chi connectivity index (χ3n) is 5.38. The van der Waals surface area contributed by atoms with Crippen LogP contribution in [0.2, 0.25) is 0 Å². The van der Waals surface area contributed by atoms with Gasteiger partial charge in [0.15, 0.2) is 23.0 Å². The van der Waals surface area contributed by atoms with Crippen molar-refractivity contribution in [3.8, 4) is 23.0 Å². The molecule has 0 unspecified atom stereocenters. The molecule has 7 heteroatoms. The highest BCUT2D eigenvalue weighted by atomic mass is 16.7. The summed E-state index contributed by atoms with van der Waals surface area (Å²) in [5, 5.41) is 4.36. The number of fused-ring (bicyclic) bond motifs is 3. The number of aromatic amines is 1. The molecule has 3 aromatic rings. The summed E-state index contributed by atoms with van der Waals surface area (Å²) < 4.78 is 21.8. The minimum Gasteiger partial charge on any atom is -0.493 e. The Morgan fingerprint density at radius 1 is 0.964 bits per heavy atom. The van der Waals surface area contributed by atoms with Gasteiger partial charge in [-0.05, 0) is 41.8 Å². The van der Waals surface area contributed by atoms with Crippen LogP contribution in [0.15, 0.2) is 35.1 Å². The maximum atomic E-state index is 12.9. The van der Waals surface area contributed by atoms with E-state index in [0.29, 0.717) is 28.6 Å². The standard InChI is InChI=1S/C21H20N2O5/c1-25-16-6-11-3-4-22-20(13(11)8-17(16)26-2)14-5-12-7-18-19(28-10-27-18)9-15(12)23-21(14)24/h5-9,20,22H,3-4,10H2,1-2H3,(H,23,24)/t20-/m0/s1. The van der Waals surface area contributed by atoms with E-state index in [1.165, 1.54) is 0 Å². The number of hydrogen-bond donors (Lipinski definition) is 2. The Morgan fingerprint density at radius 3 is 2.50 bits per heavy atom. The fourth-order valence-electron chi connectivity index (χ4n) is 3.99. The first kappa shape index (κ1) is 16.9. The van der Waals surface area contributed by atoms with Crippen molar-refractivity contribution in [1.82, 2.24) is 10.3 Å². The van der Waals surface area contributed by atoms with Crippen molar-refractivity contribution in [3.63, 3.8) is 0 Å². The summed E-state index contributed by atoms with van der Waals surface area (Å²) in [7, 11) is 3.24. The summed E-state index contributed by atoms with van der Waals surface area (Å²) >= 11 is 0. The highest BCUT2D eigenvalue weighted by Gasteiger charge is 2.26. The minimum absolute atomic E-state index is 0.133. The first-order chi connectivity index (χ1) is 13.7. The molecule has 0 bridgehead atoms. The zero-order chi connectivity index (χ0) is 19.3. The summed E-state index contributed by atoms with van der Waals surface area (Å²) in [6.07, 6.45) is 0.858. The number of nitrogens with one attached hydrogen (secondary N) is 2. The third-order valence-corrected chi connectivity index (χ3v) is 5.38. The average Bonchev–Trinajstić information content (AvgIpc) is 3.17. The second-order valence-corrected chi connectivity index (χ2v) is 6.89. The third kappa shape index (κ3) is 2.58. The second kappa shape index (κ2) is 6.45. The minimum atomic E-state index is -0.234. The number of pyridine rings is 1. The Labute approximate surface area is 161 Å². The summed E-state index contributed by atoms with van der Waals surface area (Å²) in [5.41, 5.74) is 3.41. The zero-order valence-electron chi connectivity index (χ0n) is 15.6. The maximum Gasteiger partial charge on any atom is 0.253 e. The van der Waals surface area contributed by atoms with Crippen molar-refractivity contribution in [1.29, 1.82) is 0 Å². The quantitative estimate of drug-likeness (QED) is 0.727.